The van der Waals surface area contributed by atoms with E-state index >= 15 is 0 Å². The second kappa shape index (κ2) is 11.1. The Morgan fingerprint density at radius 3 is 1.29 bits per heavy atom. The normalized spacial score (nSPS) is 10.2. The molecule has 0 unspecified atom stereocenters. The van der Waals surface area contributed by atoms with Gasteiger partial charge in [0.25, 0.3) is 0 Å². The maximum Gasteiger partial charge on any atom is 0.308 e. The lowest BCUT2D eigenvalue weighted by Gasteiger charge is -2.18. The number of hydrogen-bond donors (Lipinski definition) is 0. The highest BCUT2D eigenvalue weighted by atomic mass is 16.5. The summed E-state index contributed by atoms with van der Waals surface area (Å²) in [6.07, 6.45) is 0.647. The topological polar surface area (TPSA) is 78.9 Å². The van der Waals surface area contributed by atoms with Crippen LogP contribution in [0, 0.1) is 0 Å². The van der Waals surface area contributed by atoms with Crippen molar-refractivity contribution < 1.29 is 28.6 Å². The van der Waals surface area contributed by atoms with E-state index in [1.165, 1.54) is 20.8 Å². The standard InChI is InChI=1S/C28H26O6/c1-5-27(21-9-6-12-24(15-21)32-18(2)29)28(22-10-7-13-25(16-22)33-19(3)30)23-11-8-14-26(17-23)34-20(4)31/h6-17H,5H2,1-4H3. The number of carbonyl (C=O) groups excluding carboxylic acids is 3. The molecule has 0 heterocycles. The molecule has 0 saturated heterocycles. The van der Waals surface area contributed by atoms with Gasteiger partial charge in [-0.1, -0.05) is 43.3 Å². The number of ether oxygens (including phenoxy) is 3. The summed E-state index contributed by atoms with van der Waals surface area (Å²) in [7, 11) is 0. The fourth-order valence-electron chi connectivity index (χ4n) is 3.72. The molecule has 0 atom stereocenters. The summed E-state index contributed by atoms with van der Waals surface area (Å²) in [4.78, 5) is 34.5. The Kier molecular flexibility index (Phi) is 7.98. The molecule has 0 spiro atoms. The number of rotatable bonds is 7. The van der Waals surface area contributed by atoms with Crippen LogP contribution in [0.3, 0.4) is 0 Å². The molecule has 0 saturated carbocycles. The van der Waals surface area contributed by atoms with Crippen LogP contribution in [-0.2, 0) is 14.4 Å². The summed E-state index contributed by atoms with van der Waals surface area (Å²) < 4.78 is 15.9. The molecule has 0 radical (unpaired) electrons. The first-order valence-corrected chi connectivity index (χ1v) is 10.9. The first-order valence-electron chi connectivity index (χ1n) is 10.9. The molecule has 0 N–H and O–H groups in total. The van der Waals surface area contributed by atoms with Crippen LogP contribution in [0.25, 0.3) is 11.1 Å². The van der Waals surface area contributed by atoms with Gasteiger partial charge in [0, 0.05) is 20.8 Å². The highest BCUT2D eigenvalue weighted by Crippen LogP contribution is 2.37. The van der Waals surface area contributed by atoms with Gasteiger partial charge in [-0.2, -0.15) is 0 Å². The van der Waals surface area contributed by atoms with Crippen molar-refractivity contribution in [2.45, 2.75) is 34.1 Å². The van der Waals surface area contributed by atoms with E-state index in [2.05, 4.69) is 0 Å². The van der Waals surface area contributed by atoms with Crippen molar-refractivity contribution in [3.05, 3.63) is 89.5 Å². The maximum absolute atomic E-state index is 11.5. The van der Waals surface area contributed by atoms with E-state index in [0.717, 1.165) is 27.8 Å². The highest BCUT2D eigenvalue weighted by Gasteiger charge is 2.16. The third kappa shape index (κ3) is 6.42. The lowest BCUT2D eigenvalue weighted by Crippen LogP contribution is -2.04. The van der Waals surface area contributed by atoms with Crippen LogP contribution in [0.4, 0.5) is 0 Å². The monoisotopic (exact) mass is 458 g/mol. The minimum absolute atomic E-state index is 0.400. The quantitative estimate of drug-likeness (QED) is 0.252. The Hall–Kier alpha value is -4.19. The third-order valence-corrected chi connectivity index (χ3v) is 4.87. The highest BCUT2D eigenvalue weighted by molar-refractivity contribution is 5.99. The zero-order chi connectivity index (χ0) is 24.7. The van der Waals surface area contributed by atoms with Crippen LogP contribution in [0.2, 0.25) is 0 Å². The molecule has 3 rings (SSSR count). The van der Waals surface area contributed by atoms with E-state index in [1.54, 1.807) is 30.3 Å². The molecule has 0 aromatic heterocycles. The molecule has 6 heteroatoms. The zero-order valence-electron chi connectivity index (χ0n) is 19.6. The summed E-state index contributed by atoms with van der Waals surface area (Å²) >= 11 is 0. The van der Waals surface area contributed by atoms with Gasteiger partial charge in [0.1, 0.15) is 17.2 Å². The second-order valence-electron chi connectivity index (χ2n) is 7.57. The molecule has 34 heavy (non-hydrogen) atoms. The maximum atomic E-state index is 11.5. The molecule has 0 amide bonds. The van der Waals surface area contributed by atoms with E-state index in [9.17, 15) is 14.4 Å². The van der Waals surface area contributed by atoms with Crippen LogP contribution >= 0.6 is 0 Å². The number of carbonyl (C=O) groups is 3. The van der Waals surface area contributed by atoms with Crippen molar-refractivity contribution in [1.82, 2.24) is 0 Å². The molecule has 6 nitrogen and oxygen atoms in total. The van der Waals surface area contributed by atoms with Crippen molar-refractivity contribution >= 4 is 29.1 Å². The Balaban J connectivity index is 2.26. The molecule has 174 valence electrons. The van der Waals surface area contributed by atoms with Gasteiger partial charge in [-0.3, -0.25) is 14.4 Å². The fraction of sp³-hybridized carbons (Fsp3) is 0.179. The van der Waals surface area contributed by atoms with Crippen molar-refractivity contribution in [2.24, 2.45) is 0 Å². The van der Waals surface area contributed by atoms with Crippen LogP contribution in [-0.4, -0.2) is 17.9 Å². The molecule has 0 aliphatic carbocycles. The van der Waals surface area contributed by atoms with Crippen molar-refractivity contribution in [2.75, 3.05) is 0 Å². The number of esters is 3. The van der Waals surface area contributed by atoms with Crippen molar-refractivity contribution in [1.29, 1.82) is 0 Å². The molecule has 0 bridgehead atoms. The Labute approximate surface area is 198 Å². The minimum Gasteiger partial charge on any atom is -0.427 e. The van der Waals surface area contributed by atoms with Gasteiger partial charge in [0.05, 0.1) is 0 Å². The number of hydrogen-bond acceptors (Lipinski definition) is 6. The Bertz CT molecular complexity index is 1190. The third-order valence-electron chi connectivity index (χ3n) is 4.87. The Morgan fingerprint density at radius 2 is 0.941 bits per heavy atom. The predicted molar refractivity (Wildman–Crippen MR) is 129 cm³/mol. The minimum atomic E-state index is -0.413. The molecule has 0 fully saturated rings. The summed E-state index contributed by atoms with van der Waals surface area (Å²) in [5.41, 5.74) is 4.33. The molecule has 3 aromatic carbocycles. The van der Waals surface area contributed by atoms with E-state index in [-0.39, 0.29) is 0 Å². The van der Waals surface area contributed by atoms with E-state index in [0.29, 0.717) is 23.7 Å². The van der Waals surface area contributed by atoms with Gasteiger partial charge in [-0.05, 0) is 70.7 Å². The molecule has 0 aliphatic heterocycles. The lowest BCUT2D eigenvalue weighted by atomic mass is 9.88. The summed E-state index contributed by atoms with van der Waals surface area (Å²) in [5.74, 6) is 0.0550. The van der Waals surface area contributed by atoms with E-state index in [1.807, 2.05) is 49.4 Å². The van der Waals surface area contributed by atoms with E-state index in [4.69, 9.17) is 14.2 Å². The van der Waals surface area contributed by atoms with Crippen molar-refractivity contribution in [3.63, 3.8) is 0 Å². The van der Waals surface area contributed by atoms with Gasteiger partial charge >= 0.3 is 17.9 Å². The SMILES string of the molecule is CCC(=C(c1cccc(OC(C)=O)c1)c1cccc(OC(C)=O)c1)c1cccc(OC(C)=O)c1. The van der Waals surface area contributed by atoms with Gasteiger partial charge in [-0.15, -0.1) is 0 Å². The Morgan fingerprint density at radius 1 is 0.588 bits per heavy atom. The van der Waals surface area contributed by atoms with E-state index < -0.39 is 17.9 Å². The zero-order valence-corrected chi connectivity index (χ0v) is 19.6. The van der Waals surface area contributed by atoms with Crippen molar-refractivity contribution in [3.8, 4) is 17.2 Å². The predicted octanol–water partition coefficient (Wildman–Crippen LogP) is 5.83. The second-order valence-corrected chi connectivity index (χ2v) is 7.57. The van der Waals surface area contributed by atoms with Crippen LogP contribution in [0.5, 0.6) is 17.2 Å². The molecular weight excluding hydrogens is 432 g/mol. The molecular formula is C28H26O6. The fourth-order valence-corrected chi connectivity index (χ4v) is 3.72. The van der Waals surface area contributed by atoms with Crippen LogP contribution in [0.1, 0.15) is 50.8 Å². The lowest BCUT2D eigenvalue weighted by molar-refractivity contribution is -0.132. The van der Waals surface area contributed by atoms with Crippen LogP contribution in [0.15, 0.2) is 72.8 Å². The summed E-state index contributed by atoms with van der Waals surface area (Å²) in [5, 5.41) is 0. The number of benzene rings is 3. The average molecular weight is 459 g/mol. The largest absolute Gasteiger partial charge is 0.427 e. The average Bonchev–Trinajstić information content (AvgIpc) is 2.76. The summed E-state index contributed by atoms with van der Waals surface area (Å²) in [6.45, 7) is 6.09. The van der Waals surface area contributed by atoms with Gasteiger partial charge in [0.2, 0.25) is 0 Å². The first kappa shape index (κ1) is 24.5. The van der Waals surface area contributed by atoms with Gasteiger partial charge < -0.3 is 14.2 Å². The van der Waals surface area contributed by atoms with Gasteiger partial charge in [-0.25, -0.2) is 0 Å². The van der Waals surface area contributed by atoms with Crippen LogP contribution < -0.4 is 14.2 Å². The number of allylic oxidation sites excluding steroid dienone is 1. The summed E-state index contributed by atoms with van der Waals surface area (Å²) in [6, 6.07) is 21.8. The van der Waals surface area contributed by atoms with Gasteiger partial charge in [0.15, 0.2) is 0 Å². The molecule has 3 aromatic rings. The first-order chi connectivity index (χ1) is 16.3. The smallest absolute Gasteiger partial charge is 0.308 e. The molecule has 0 aliphatic rings.